The molecule has 132 valence electrons. The summed E-state index contributed by atoms with van der Waals surface area (Å²) in [6.07, 6.45) is 8.99. The number of ether oxygens (including phenoxy) is 1. The monoisotopic (exact) mass is 356 g/mol. The summed E-state index contributed by atoms with van der Waals surface area (Å²) in [5.41, 5.74) is 4.88. The summed E-state index contributed by atoms with van der Waals surface area (Å²) in [5, 5.41) is 0.849. The number of rotatable bonds is 3. The molecule has 6 heteroatoms. The Balaban J connectivity index is 1.53. The van der Waals surface area contributed by atoms with Gasteiger partial charge in [-0.15, -0.1) is 0 Å². The van der Waals surface area contributed by atoms with Crippen molar-refractivity contribution < 1.29 is 9.15 Å². The van der Waals surface area contributed by atoms with E-state index >= 15 is 0 Å². The highest BCUT2D eigenvalue weighted by atomic mass is 16.5. The highest BCUT2D eigenvalue weighted by molar-refractivity contribution is 5.82. The quantitative estimate of drug-likeness (QED) is 0.458. The average Bonchev–Trinajstić information content (AvgIpc) is 3.30. The molecule has 27 heavy (non-hydrogen) atoms. The molecule has 0 atom stereocenters. The molecule has 0 radical (unpaired) electrons. The molecule has 4 heterocycles. The highest BCUT2D eigenvalue weighted by Gasteiger charge is 2.12. The molecule has 0 spiro atoms. The molecular formula is C21H16N4O2. The summed E-state index contributed by atoms with van der Waals surface area (Å²) in [6, 6.07) is 9.62. The van der Waals surface area contributed by atoms with Crippen LogP contribution in [0.1, 0.15) is 11.1 Å². The minimum atomic E-state index is 0.529. The van der Waals surface area contributed by atoms with E-state index in [1.165, 1.54) is 0 Å². The Bertz CT molecular complexity index is 1290. The van der Waals surface area contributed by atoms with Crippen molar-refractivity contribution in [3.8, 4) is 22.9 Å². The normalized spacial score (nSPS) is 11.3. The third kappa shape index (κ3) is 2.62. The Kier molecular flexibility index (Phi) is 3.43. The minimum absolute atomic E-state index is 0.529. The second-order valence-electron chi connectivity index (χ2n) is 6.43. The van der Waals surface area contributed by atoms with E-state index in [-0.39, 0.29) is 0 Å². The van der Waals surface area contributed by atoms with Gasteiger partial charge in [0.15, 0.2) is 0 Å². The van der Waals surface area contributed by atoms with Gasteiger partial charge in [-0.1, -0.05) is 0 Å². The highest BCUT2D eigenvalue weighted by Crippen LogP contribution is 2.32. The van der Waals surface area contributed by atoms with Gasteiger partial charge >= 0.3 is 0 Å². The molecule has 0 aliphatic heterocycles. The number of pyridine rings is 1. The zero-order valence-corrected chi connectivity index (χ0v) is 14.9. The van der Waals surface area contributed by atoms with Crippen LogP contribution in [0.2, 0.25) is 0 Å². The Labute approximate surface area is 155 Å². The van der Waals surface area contributed by atoms with Crippen LogP contribution in [-0.4, -0.2) is 19.4 Å². The van der Waals surface area contributed by atoms with Gasteiger partial charge in [0.05, 0.1) is 17.3 Å². The van der Waals surface area contributed by atoms with Crippen LogP contribution in [0.15, 0.2) is 65.8 Å². The van der Waals surface area contributed by atoms with Crippen LogP contribution in [0.25, 0.3) is 28.0 Å². The fraction of sp³-hybridized carbons (Fsp3) is 0.0952. The van der Waals surface area contributed by atoms with E-state index in [2.05, 4.69) is 16.9 Å². The number of imidazole rings is 1. The van der Waals surface area contributed by atoms with Crippen molar-refractivity contribution in [3.05, 3.63) is 72.5 Å². The lowest BCUT2D eigenvalue weighted by Gasteiger charge is -2.11. The third-order valence-corrected chi connectivity index (χ3v) is 4.58. The van der Waals surface area contributed by atoms with Crippen LogP contribution >= 0.6 is 0 Å². The van der Waals surface area contributed by atoms with E-state index in [1.54, 1.807) is 18.7 Å². The van der Waals surface area contributed by atoms with Gasteiger partial charge in [0.2, 0.25) is 11.7 Å². The van der Waals surface area contributed by atoms with Gasteiger partial charge < -0.3 is 9.15 Å². The smallest absolute Gasteiger partial charge is 0.234 e. The number of nitrogens with zero attached hydrogens (tertiary/aromatic N) is 4. The molecule has 0 saturated heterocycles. The van der Waals surface area contributed by atoms with E-state index in [0.717, 1.165) is 39.1 Å². The molecule has 0 bridgehead atoms. The fourth-order valence-electron chi connectivity index (χ4n) is 3.25. The molecule has 5 rings (SSSR count). The summed E-state index contributed by atoms with van der Waals surface area (Å²) in [7, 11) is 0. The summed E-state index contributed by atoms with van der Waals surface area (Å²) in [4.78, 5) is 13.3. The molecule has 6 nitrogen and oxygen atoms in total. The van der Waals surface area contributed by atoms with Crippen LogP contribution in [0.4, 0.5) is 0 Å². The molecule has 5 aromatic rings. The Morgan fingerprint density at radius 3 is 2.81 bits per heavy atom. The number of hydrogen-bond acceptors (Lipinski definition) is 5. The van der Waals surface area contributed by atoms with Crippen molar-refractivity contribution in [1.29, 1.82) is 0 Å². The molecule has 0 amide bonds. The van der Waals surface area contributed by atoms with E-state index in [9.17, 15) is 0 Å². The first-order valence-corrected chi connectivity index (χ1v) is 8.60. The first-order chi connectivity index (χ1) is 13.2. The van der Waals surface area contributed by atoms with E-state index in [0.29, 0.717) is 11.7 Å². The maximum Gasteiger partial charge on any atom is 0.234 e. The molecule has 0 saturated carbocycles. The van der Waals surface area contributed by atoms with Crippen LogP contribution in [0.5, 0.6) is 11.6 Å². The first-order valence-electron chi connectivity index (χ1n) is 8.60. The van der Waals surface area contributed by atoms with Crippen molar-refractivity contribution >= 4 is 16.7 Å². The Morgan fingerprint density at radius 1 is 1.00 bits per heavy atom. The lowest BCUT2D eigenvalue weighted by Crippen LogP contribution is -1.97. The van der Waals surface area contributed by atoms with Gasteiger partial charge in [-0.25, -0.2) is 15.0 Å². The van der Waals surface area contributed by atoms with Crippen molar-refractivity contribution in [2.24, 2.45) is 0 Å². The molecule has 1 aromatic carbocycles. The molecule has 0 fully saturated rings. The van der Waals surface area contributed by atoms with Gasteiger partial charge in [0.25, 0.3) is 0 Å². The molecule has 0 unspecified atom stereocenters. The van der Waals surface area contributed by atoms with Crippen LogP contribution in [0, 0.1) is 13.8 Å². The number of furan rings is 1. The molecule has 0 aliphatic rings. The van der Waals surface area contributed by atoms with Crippen molar-refractivity contribution in [2.75, 3.05) is 0 Å². The predicted octanol–water partition coefficient (Wildman–Crippen LogP) is 4.95. The van der Waals surface area contributed by atoms with Gasteiger partial charge in [0, 0.05) is 30.4 Å². The number of aryl methyl sites for hydroxylation is 2. The number of aromatic nitrogens is 4. The van der Waals surface area contributed by atoms with E-state index < -0.39 is 0 Å². The van der Waals surface area contributed by atoms with E-state index in [4.69, 9.17) is 14.1 Å². The SMILES string of the molecule is Cc1cc(Oc2nccc3occc23)ccc1-c1nc2nccn2cc1C. The standard InChI is InChI=1S/C21H16N4O2/c1-13-11-15(27-20-17-6-10-26-18(17)5-7-22-20)3-4-16(13)19-14(2)12-25-9-8-23-21(25)24-19/h3-12H,1-2H3. The number of benzene rings is 1. The lowest BCUT2D eigenvalue weighted by molar-refractivity contribution is 0.468. The van der Waals surface area contributed by atoms with Gasteiger partial charge in [-0.2, -0.15) is 0 Å². The number of fused-ring (bicyclic) bond motifs is 2. The second kappa shape index (κ2) is 5.95. The zero-order chi connectivity index (χ0) is 18.4. The largest absolute Gasteiger partial charge is 0.464 e. The minimum Gasteiger partial charge on any atom is -0.464 e. The van der Waals surface area contributed by atoms with Gasteiger partial charge in [0.1, 0.15) is 11.3 Å². The molecular weight excluding hydrogens is 340 g/mol. The topological polar surface area (TPSA) is 65.5 Å². The summed E-state index contributed by atoms with van der Waals surface area (Å²) in [5.74, 6) is 1.93. The lowest BCUT2D eigenvalue weighted by atomic mass is 10.0. The Hall–Kier alpha value is -3.67. The zero-order valence-electron chi connectivity index (χ0n) is 14.9. The van der Waals surface area contributed by atoms with E-state index in [1.807, 2.05) is 54.0 Å². The molecule has 0 N–H and O–H groups in total. The van der Waals surface area contributed by atoms with Gasteiger partial charge in [-0.3, -0.25) is 4.40 Å². The summed E-state index contributed by atoms with van der Waals surface area (Å²) >= 11 is 0. The summed E-state index contributed by atoms with van der Waals surface area (Å²) in [6.45, 7) is 4.10. The second-order valence-corrected chi connectivity index (χ2v) is 6.43. The first kappa shape index (κ1) is 15.6. The van der Waals surface area contributed by atoms with Crippen LogP contribution in [0.3, 0.4) is 0 Å². The third-order valence-electron chi connectivity index (χ3n) is 4.58. The number of hydrogen-bond donors (Lipinski definition) is 0. The Morgan fingerprint density at radius 2 is 1.93 bits per heavy atom. The van der Waals surface area contributed by atoms with Gasteiger partial charge in [-0.05, 0) is 55.3 Å². The molecule has 0 aliphatic carbocycles. The predicted molar refractivity (Wildman–Crippen MR) is 102 cm³/mol. The van der Waals surface area contributed by atoms with Crippen LogP contribution in [-0.2, 0) is 0 Å². The van der Waals surface area contributed by atoms with Crippen LogP contribution < -0.4 is 4.74 Å². The van der Waals surface area contributed by atoms with Crippen molar-refractivity contribution in [3.63, 3.8) is 0 Å². The maximum atomic E-state index is 6.00. The molecule has 4 aromatic heterocycles. The fourth-order valence-corrected chi connectivity index (χ4v) is 3.25. The summed E-state index contributed by atoms with van der Waals surface area (Å²) < 4.78 is 13.3. The van der Waals surface area contributed by atoms with Crippen molar-refractivity contribution in [2.45, 2.75) is 13.8 Å². The average molecular weight is 356 g/mol. The maximum absolute atomic E-state index is 6.00. The van der Waals surface area contributed by atoms with Crippen molar-refractivity contribution in [1.82, 2.24) is 19.4 Å².